The number of rotatable bonds is 16. The monoisotopic (exact) mass is 299 g/mol. The van der Waals surface area contributed by atoms with Gasteiger partial charge in [-0.1, -0.05) is 97.8 Å². The number of hydrogen-bond acceptors (Lipinski definition) is 2. The first-order valence-corrected chi connectivity index (χ1v) is 9.58. The molecule has 0 saturated heterocycles. The van der Waals surface area contributed by atoms with E-state index in [0.717, 1.165) is 13.0 Å². The lowest BCUT2D eigenvalue weighted by molar-refractivity contribution is 0.155. The molecule has 1 unspecified atom stereocenters. The van der Waals surface area contributed by atoms with Gasteiger partial charge in [0.25, 0.3) is 0 Å². The largest absolute Gasteiger partial charge is 0.392 e. The van der Waals surface area contributed by atoms with E-state index in [1.807, 2.05) is 0 Å². The van der Waals surface area contributed by atoms with Crippen LogP contribution in [0.5, 0.6) is 0 Å². The van der Waals surface area contributed by atoms with Crippen LogP contribution in [0.1, 0.15) is 104 Å². The lowest BCUT2D eigenvalue weighted by atomic mass is 10.0. The van der Waals surface area contributed by atoms with E-state index in [4.69, 9.17) is 0 Å². The molecule has 0 radical (unpaired) electrons. The molecule has 2 nitrogen and oxygen atoms in total. The van der Waals surface area contributed by atoms with Crippen LogP contribution in [0.25, 0.3) is 0 Å². The molecule has 2 heteroatoms. The average molecular weight is 300 g/mol. The van der Waals surface area contributed by atoms with Crippen molar-refractivity contribution in [2.75, 3.05) is 6.54 Å². The zero-order chi connectivity index (χ0) is 15.8. The number of unbranched alkanes of at least 4 members (excludes halogenated alkanes) is 11. The second-order valence-corrected chi connectivity index (χ2v) is 6.89. The molecule has 21 heavy (non-hydrogen) atoms. The average Bonchev–Trinajstić information content (AvgIpc) is 2.46. The van der Waals surface area contributed by atoms with Gasteiger partial charge in [-0.25, -0.2) is 0 Å². The van der Waals surface area contributed by atoms with Crippen LogP contribution in [0.2, 0.25) is 0 Å². The van der Waals surface area contributed by atoms with Crippen molar-refractivity contribution >= 4 is 0 Å². The van der Waals surface area contributed by atoms with Gasteiger partial charge in [0.05, 0.1) is 6.10 Å². The van der Waals surface area contributed by atoms with Crippen molar-refractivity contribution in [1.29, 1.82) is 0 Å². The van der Waals surface area contributed by atoms with E-state index < -0.39 is 0 Å². The van der Waals surface area contributed by atoms with E-state index >= 15 is 0 Å². The molecule has 0 aliphatic rings. The van der Waals surface area contributed by atoms with Crippen molar-refractivity contribution in [3.05, 3.63) is 0 Å². The number of aliphatic hydroxyl groups excluding tert-OH is 1. The highest BCUT2D eigenvalue weighted by atomic mass is 16.3. The molecule has 0 rings (SSSR count). The summed E-state index contributed by atoms with van der Waals surface area (Å²) in [6, 6.07) is 0.474. The van der Waals surface area contributed by atoms with Gasteiger partial charge in [-0.2, -0.15) is 0 Å². The summed E-state index contributed by atoms with van der Waals surface area (Å²) >= 11 is 0. The maximum atomic E-state index is 9.80. The molecule has 0 heterocycles. The van der Waals surface area contributed by atoms with Gasteiger partial charge >= 0.3 is 0 Å². The number of nitrogens with one attached hydrogen (secondary N) is 1. The summed E-state index contributed by atoms with van der Waals surface area (Å²) in [5, 5.41) is 13.1. The van der Waals surface area contributed by atoms with Gasteiger partial charge in [0, 0.05) is 12.6 Å². The lowest BCUT2D eigenvalue weighted by Gasteiger charge is -2.13. The Bertz CT molecular complexity index is 194. The Labute approximate surface area is 134 Å². The van der Waals surface area contributed by atoms with E-state index in [1.165, 1.54) is 77.0 Å². The molecular weight excluding hydrogens is 258 g/mol. The van der Waals surface area contributed by atoms with E-state index in [-0.39, 0.29) is 6.10 Å². The molecule has 0 bridgehead atoms. The minimum absolute atomic E-state index is 0.157. The van der Waals surface area contributed by atoms with E-state index in [0.29, 0.717) is 6.04 Å². The Kier molecular flexibility index (Phi) is 16.2. The summed E-state index contributed by atoms with van der Waals surface area (Å²) in [4.78, 5) is 0. The minimum atomic E-state index is -0.157. The highest BCUT2D eigenvalue weighted by Gasteiger charge is 2.04. The highest BCUT2D eigenvalue weighted by molar-refractivity contribution is 4.62. The van der Waals surface area contributed by atoms with Crippen LogP contribution in [0.15, 0.2) is 0 Å². The molecule has 0 aliphatic carbocycles. The Hall–Kier alpha value is -0.0800. The van der Waals surface area contributed by atoms with Gasteiger partial charge < -0.3 is 10.4 Å². The molecule has 0 fully saturated rings. The maximum Gasteiger partial charge on any atom is 0.0664 e. The number of hydrogen-bond donors (Lipinski definition) is 2. The third kappa shape index (κ3) is 17.9. The Morgan fingerprint density at radius 2 is 1.14 bits per heavy atom. The molecule has 0 spiro atoms. The molecule has 0 saturated carbocycles. The first kappa shape index (κ1) is 20.9. The summed E-state index contributed by atoms with van der Waals surface area (Å²) in [7, 11) is 0. The van der Waals surface area contributed by atoms with E-state index in [2.05, 4.69) is 26.1 Å². The lowest BCUT2D eigenvalue weighted by Crippen LogP contribution is -2.31. The molecular formula is C19H41NO. The first-order chi connectivity index (χ1) is 10.2. The van der Waals surface area contributed by atoms with Crippen molar-refractivity contribution in [1.82, 2.24) is 5.32 Å². The van der Waals surface area contributed by atoms with Crippen LogP contribution in [0.4, 0.5) is 0 Å². The molecule has 1 atom stereocenters. The van der Waals surface area contributed by atoms with Crippen LogP contribution in [-0.4, -0.2) is 23.8 Å². The summed E-state index contributed by atoms with van der Waals surface area (Å²) < 4.78 is 0. The topological polar surface area (TPSA) is 32.3 Å². The van der Waals surface area contributed by atoms with Crippen LogP contribution < -0.4 is 5.32 Å². The third-order valence-electron chi connectivity index (χ3n) is 4.15. The van der Waals surface area contributed by atoms with Crippen LogP contribution in [0, 0.1) is 0 Å². The molecule has 0 amide bonds. The molecule has 0 aromatic heterocycles. The summed E-state index contributed by atoms with van der Waals surface area (Å²) in [6.45, 7) is 7.27. The SMILES string of the molecule is CCCCCCCCCCCCCCC(O)CNC(C)C. The molecule has 128 valence electrons. The summed E-state index contributed by atoms with van der Waals surface area (Å²) in [5.41, 5.74) is 0. The summed E-state index contributed by atoms with van der Waals surface area (Å²) in [5.74, 6) is 0. The fourth-order valence-electron chi connectivity index (χ4n) is 2.69. The van der Waals surface area contributed by atoms with Crippen molar-refractivity contribution < 1.29 is 5.11 Å². The normalized spacial score (nSPS) is 13.0. The predicted molar refractivity (Wildman–Crippen MR) is 94.8 cm³/mol. The van der Waals surface area contributed by atoms with Gasteiger partial charge in [0.1, 0.15) is 0 Å². The van der Waals surface area contributed by atoms with Crippen molar-refractivity contribution in [3.8, 4) is 0 Å². The van der Waals surface area contributed by atoms with Crippen molar-refractivity contribution in [3.63, 3.8) is 0 Å². The second-order valence-electron chi connectivity index (χ2n) is 6.89. The quantitative estimate of drug-likeness (QED) is 0.372. The van der Waals surface area contributed by atoms with Crippen LogP contribution in [0.3, 0.4) is 0 Å². The molecule has 0 aromatic rings. The Morgan fingerprint density at radius 3 is 1.57 bits per heavy atom. The van der Waals surface area contributed by atoms with E-state index in [1.54, 1.807) is 0 Å². The fraction of sp³-hybridized carbons (Fsp3) is 1.00. The Balaban J connectivity index is 3.08. The predicted octanol–water partition coefficient (Wildman–Crippen LogP) is 5.44. The third-order valence-corrected chi connectivity index (χ3v) is 4.15. The second kappa shape index (κ2) is 16.3. The van der Waals surface area contributed by atoms with Crippen LogP contribution in [-0.2, 0) is 0 Å². The number of aliphatic hydroxyl groups is 1. The summed E-state index contributed by atoms with van der Waals surface area (Å²) in [6.07, 6.45) is 17.3. The van der Waals surface area contributed by atoms with E-state index in [9.17, 15) is 5.11 Å². The molecule has 2 N–H and O–H groups in total. The Morgan fingerprint density at radius 1 is 0.714 bits per heavy atom. The first-order valence-electron chi connectivity index (χ1n) is 9.58. The smallest absolute Gasteiger partial charge is 0.0664 e. The fourth-order valence-corrected chi connectivity index (χ4v) is 2.69. The van der Waals surface area contributed by atoms with Gasteiger partial charge in [-0.3, -0.25) is 0 Å². The zero-order valence-electron chi connectivity index (χ0n) is 15.0. The highest BCUT2D eigenvalue weighted by Crippen LogP contribution is 2.12. The molecule has 0 aromatic carbocycles. The zero-order valence-corrected chi connectivity index (χ0v) is 15.0. The maximum absolute atomic E-state index is 9.80. The van der Waals surface area contributed by atoms with Crippen molar-refractivity contribution in [2.24, 2.45) is 0 Å². The van der Waals surface area contributed by atoms with Gasteiger partial charge in [0.2, 0.25) is 0 Å². The van der Waals surface area contributed by atoms with Gasteiger partial charge in [0.15, 0.2) is 0 Å². The minimum Gasteiger partial charge on any atom is -0.392 e. The van der Waals surface area contributed by atoms with Crippen LogP contribution >= 0.6 is 0 Å². The standard InChI is InChI=1S/C19H41NO/c1-4-5-6-7-8-9-10-11-12-13-14-15-16-19(21)17-20-18(2)3/h18-21H,4-17H2,1-3H3. The van der Waals surface area contributed by atoms with Crippen molar-refractivity contribution in [2.45, 2.75) is 116 Å². The molecule has 0 aliphatic heterocycles. The van der Waals surface area contributed by atoms with Gasteiger partial charge in [-0.05, 0) is 6.42 Å². The van der Waals surface area contributed by atoms with Gasteiger partial charge in [-0.15, -0.1) is 0 Å².